The molecule has 0 saturated carbocycles. The highest BCUT2D eigenvalue weighted by atomic mass is 28.5. The number of halogens is 12. The summed E-state index contributed by atoms with van der Waals surface area (Å²) in [6, 6.07) is -1.76. The highest BCUT2D eigenvalue weighted by Gasteiger charge is 2.73. The van der Waals surface area contributed by atoms with Crippen LogP contribution in [0, 0.1) is 0 Å². The van der Waals surface area contributed by atoms with Gasteiger partial charge in [0.1, 0.15) is 12.2 Å². The van der Waals surface area contributed by atoms with Crippen LogP contribution in [-0.2, 0) is 44.6 Å². The summed E-state index contributed by atoms with van der Waals surface area (Å²) in [7, 11) is -8.78. The number of ether oxygens (including phenoxy) is 2. The van der Waals surface area contributed by atoms with Crippen LogP contribution >= 0.6 is 0 Å². The summed E-state index contributed by atoms with van der Waals surface area (Å²) in [5, 5.41) is 9.51. The van der Waals surface area contributed by atoms with E-state index in [-0.39, 0.29) is 44.6 Å². The first kappa shape index (κ1) is 69.5. The summed E-state index contributed by atoms with van der Waals surface area (Å²) in [5.74, 6) is -1.55. The largest absolute Gasteiger partial charge is 0.671 e. The van der Waals surface area contributed by atoms with Crippen molar-refractivity contribution in [3.05, 3.63) is 0 Å². The Morgan fingerprint density at radius 1 is 0.571 bits per heavy atom. The van der Waals surface area contributed by atoms with E-state index >= 15 is 0 Å². The number of rotatable bonds is 20. The van der Waals surface area contributed by atoms with Crippen molar-refractivity contribution < 1.29 is 102 Å². The van der Waals surface area contributed by atoms with Crippen molar-refractivity contribution in [1.82, 2.24) is 0 Å². The zero-order chi connectivity index (χ0) is 39.9. The number of esters is 1. The van der Waals surface area contributed by atoms with E-state index in [1.807, 2.05) is 0 Å². The Kier molecular flexibility index (Phi) is 30.9. The molecule has 2 atom stereocenters. The average Bonchev–Trinajstić information content (AvgIpc) is 2.94. The van der Waals surface area contributed by atoms with Gasteiger partial charge in [-0.3, -0.25) is 0 Å². The maximum atomic E-state index is 14.2. The number of carbonyl (C=O) groups excluding carboxylic acids is 1. The van der Waals surface area contributed by atoms with Gasteiger partial charge in [0.15, 0.2) is 0 Å². The molecule has 0 fully saturated rings. The van der Waals surface area contributed by atoms with Gasteiger partial charge in [-0.15, -0.1) is 0 Å². The van der Waals surface area contributed by atoms with E-state index in [9.17, 15) is 62.6 Å². The average molecular weight is 915 g/mol. The Balaban J connectivity index is -0.000000800. The summed E-state index contributed by atoms with van der Waals surface area (Å²) < 4.78 is 211. The molecule has 11 nitrogen and oxygen atoms in total. The number of alkyl halides is 12. The zero-order valence-electron chi connectivity index (χ0n) is 28.5. The second-order valence-electron chi connectivity index (χ2n) is 11.8. The minimum atomic E-state index is -6.18. The quantitative estimate of drug-likeness (QED) is 0.0714. The fraction of sp³-hybridized carbons (Fsp3) is 0.967. The first-order valence-corrected chi connectivity index (χ1v) is 20.3. The van der Waals surface area contributed by atoms with Gasteiger partial charge in [0, 0.05) is 41.6 Å². The summed E-state index contributed by atoms with van der Waals surface area (Å²) in [5.41, 5.74) is -11.4. The van der Waals surface area contributed by atoms with E-state index in [2.05, 4.69) is 4.74 Å². The number of hydrogen-bond acceptors (Lipinski definition) is 11. The molecule has 0 radical (unpaired) electrons. The number of carbonyl (C=O) groups is 1. The Labute approximate surface area is 328 Å². The summed E-state index contributed by atoms with van der Waals surface area (Å²) in [4.78, 5) is 12.0. The van der Waals surface area contributed by atoms with Crippen LogP contribution in [0.1, 0.15) is 91.0 Å². The lowest BCUT2D eigenvalue weighted by Gasteiger charge is -2.41. The molecule has 56 heavy (non-hydrogen) atoms. The van der Waals surface area contributed by atoms with E-state index in [1.165, 1.54) is 20.8 Å². The molecular formula is C30H66F12O11Si3. The fourth-order valence-electron chi connectivity index (χ4n) is 4.29. The van der Waals surface area contributed by atoms with Gasteiger partial charge in [0.25, 0.3) is 11.2 Å². The molecule has 2 unspecified atom stereocenters. The monoisotopic (exact) mass is 914 g/mol. The van der Waals surface area contributed by atoms with Gasteiger partial charge in [0.2, 0.25) is 0 Å². The van der Waals surface area contributed by atoms with Gasteiger partial charge in [-0.05, 0) is 59.0 Å². The van der Waals surface area contributed by atoms with E-state index in [0.717, 1.165) is 42.1 Å². The Morgan fingerprint density at radius 3 is 1.27 bits per heavy atom. The second-order valence-corrected chi connectivity index (χ2v) is 21.1. The molecule has 0 aliphatic heterocycles. The standard InChI is InChI=1S/C24H42F12O11Si3.6CH4/c1-18(2,3)45-17(37)16-44-20(23(31,32)33,24(34,35)36)13-11-15-49(40-5,47-50(41-6,42-7)43-8)46-48(9,39-4)14-10-12-19(38,21(25,26)27)22(28,29)30;;;;;;/h38H,10-16H2,1-9H3;6*1H4. The molecule has 0 spiro atoms. The van der Waals surface area contributed by atoms with Crippen LogP contribution in [0.5, 0.6) is 0 Å². The van der Waals surface area contributed by atoms with Crippen molar-refractivity contribution in [1.29, 1.82) is 0 Å². The predicted molar refractivity (Wildman–Crippen MR) is 193 cm³/mol. The third kappa shape index (κ3) is 18.0. The third-order valence-corrected chi connectivity index (χ3v) is 17.5. The lowest BCUT2D eigenvalue weighted by molar-refractivity contribution is -0.381. The normalized spacial score (nSPS) is 15.2. The summed E-state index contributed by atoms with van der Waals surface area (Å²) in [6.07, 6.45) is -30.8. The highest BCUT2D eigenvalue weighted by molar-refractivity contribution is 6.81. The van der Waals surface area contributed by atoms with Crippen LogP contribution in [0.4, 0.5) is 52.7 Å². The molecule has 26 heteroatoms. The second kappa shape index (κ2) is 24.9. The van der Waals surface area contributed by atoms with Crippen molar-refractivity contribution in [2.45, 2.75) is 151 Å². The number of hydrogen-bond donors (Lipinski definition) is 1. The molecular weight excluding hydrogens is 849 g/mol. The van der Waals surface area contributed by atoms with Crippen molar-refractivity contribution in [2.24, 2.45) is 0 Å². The zero-order valence-corrected chi connectivity index (χ0v) is 31.5. The van der Waals surface area contributed by atoms with E-state index < -0.39 is 118 Å². The molecule has 1 N–H and O–H groups in total. The number of aliphatic hydroxyl groups is 1. The van der Waals surface area contributed by atoms with Gasteiger partial charge in [-0.25, -0.2) is 4.79 Å². The summed E-state index contributed by atoms with van der Waals surface area (Å²) in [6.45, 7) is 3.20. The topological polar surface area (TPSA) is 120 Å². The molecule has 0 aliphatic rings. The van der Waals surface area contributed by atoms with Crippen LogP contribution < -0.4 is 0 Å². The molecule has 0 amide bonds. The van der Waals surface area contributed by atoms with Gasteiger partial charge >= 0.3 is 57.1 Å². The maximum absolute atomic E-state index is 14.2. The Bertz CT molecular complexity index is 1040. The van der Waals surface area contributed by atoms with E-state index in [4.69, 9.17) is 35.1 Å². The van der Waals surface area contributed by atoms with Crippen LogP contribution in [0.15, 0.2) is 0 Å². The fourth-order valence-corrected chi connectivity index (χ4v) is 14.6. The maximum Gasteiger partial charge on any atom is 0.671 e. The van der Waals surface area contributed by atoms with Crippen molar-refractivity contribution in [3.8, 4) is 0 Å². The Hall–Kier alpha value is -1.08. The molecule has 0 aliphatic carbocycles. The predicted octanol–water partition coefficient (Wildman–Crippen LogP) is 10.2. The van der Waals surface area contributed by atoms with Crippen LogP contribution in [0.2, 0.25) is 18.6 Å². The van der Waals surface area contributed by atoms with Crippen LogP contribution in [-0.4, -0.2) is 121 Å². The minimum Gasteiger partial charge on any atom is -0.458 e. The first-order chi connectivity index (χ1) is 22.2. The molecule has 348 valence electrons. The van der Waals surface area contributed by atoms with Gasteiger partial charge in [0.05, 0.1) is 0 Å². The third-order valence-electron chi connectivity index (χ3n) is 7.04. The molecule has 0 aromatic rings. The van der Waals surface area contributed by atoms with Crippen LogP contribution in [0.3, 0.4) is 0 Å². The lowest BCUT2D eigenvalue weighted by atomic mass is 9.96. The molecule has 0 aromatic carbocycles. The molecule has 0 saturated heterocycles. The lowest BCUT2D eigenvalue weighted by Crippen LogP contribution is -2.63. The minimum absolute atomic E-state index is 0. The highest BCUT2D eigenvalue weighted by Crippen LogP contribution is 2.50. The van der Waals surface area contributed by atoms with Gasteiger partial charge in [-0.1, -0.05) is 44.6 Å². The first-order valence-electron chi connectivity index (χ1n) is 14.2. The van der Waals surface area contributed by atoms with E-state index in [0.29, 0.717) is 0 Å². The molecule has 0 bridgehead atoms. The van der Waals surface area contributed by atoms with Crippen molar-refractivity contribution >= 4 is 32.4 Å². The molecule has 0 aromatic heterocycles. The van der Waals surface area contributed by atoms with E-state index in [1.54, 1.807) is 0 Å². The van der Waals surface area contributed by atoms with Crippen molar-refractivity contribution in [2.75, 3.05) is 42.2 Å². The molecule has 0 rings (SSSR count). The van der Waals surface area contributed by atoms with Crippen LogP contribution in [0.25, 0.3) is 0 Å². The Morgan fingerprint density at radius 2 is 0.964 bits per heavy atom. The summed E-state index contributed by atoms with van der Waals surface area (Å²) >= 11 is 0. The van der Waals surface area contributed by atoms with Gasteiger partial charge < -0.3 is 44.9 Å². The molecule has 0 heterocycles. The van der Waals surface area contributed by atoms with Crippen molar-refractivity contribution in [3.63, 3.8) is 0 Å². The van der Waals surface area contributed by atoms with Gasteiger partial charge in [-0.2, -0.15) is 52.7 Å². The smallest absolute Gasteiger partial charge is 0.458 e. The SMILES string of the molecule is C.C.C.C.C.C.CO[Si](C)(CCCC(O)(C(F)(F)F)C(F)(F)F)O[Si](CCCC(OCC(=O)OC(C)(C)C)(C(F)(F)F)C(F)(F)F)(OC)O[Si](OC)(OC)OC.